The van der Waals surface area contributed by atoms with Gasteiger partial charge in [-0.15, -0.1) is 0 Å². The van der Waals surface area contributed by atoms with E-state index in [0.29, 0.717) is 0 Å². The Balaban J connectivity index is 2.06. The van der Waals surface area contributed by atoms with Crippen molar-refractivity contribution in [3.05, 3.63) is 0 Å². The molecule has 2 rings (SSSR count). The van der Waals surface area contributed by atoms with Gasteiger partial charge in [-0.25, -0.2) is 0 Å². The van der Waals surface area contributed by atoms with Gasteiger partial charge in [0.15, 0.2) is 0 Å². The third-order valence-electron chi connectivity index (χ3n) is 3.67. The molecule has 0 unspecified atom stereocenters. The molecule has 1 aliphatic heterocycles. The molecular formula is C13H24N2O2. The summed E-state index contributed by atoms with van der Waals surface area (Å²) in [7, 11) is 0. The van der Waals surface area contributed by atoms with Crippen LogP contribution in [0.2, 0.25) is 0 Å². The molecule has 1 amide bonds. The lowest BCUT2D eigenvalue weighted by Crippen LogP contribution is -2.55. The lowest BCUT2D eigenvalue weighted by atomic mass is 9.99. The van der Waals surface area contributed by atoms with Crippen molar-refractivity contribution < 1.29 is 9.53 Å². The van der Waals surface area contributed by atoms with E-state index >= 15 is 0 Å². The molecule has 0 aromatic carbocycles. The highest BCUT2D eigenvalue weighted by atomic mass is 16.5. The predicted molar refractivity (Wildman–Crippen MR) is 66.9 cm³/mol. The first-order valence-electron chi connectivity index (χ1n) is 6.82. The lowest BCUT2D eigenvalue weighted by Gasteiger charge is -2.37. The van der Waals surface area contributed by atoms with E-state index in [2.05, 4.69) is 5.32 Å². The second kappa shape index (κ2) is 5.36. The number of amides is 1. The van der Waals surface area contributed by atoms with Gasteiger partial charge in [-0.2, -0.15) is 0 Å². The molecule has 4 nitrogen and oxygen atoms in total. The molecule has 1 aliphatic carbocycles. The van der Waals surface area contributed by atoms with Gasteiger partial charge in [-0.05, 0) is 39.5 Å². The minimum absolute atomic E-state index is 0.125. The average Bonchev–Trinajstić information content (AvgIpc) is 2.78. The third kappa shape index (κ3) is 2.80. The summed E-state index contributed by atoms with van der Waals surface area (Å²) in [4.78, 5) is 14.6. The second-order valence-corrected chi connectivity index (χ2v) is 5.41. The largest absolute Gasteiger partial charge is 0.362 e. The van der Waals surface area contributed by atoms with Crippen LogP contribution in [0.25, 0.3) is 0 Å². The standard InChI is InChI=1S/C13H24N2O2/c1-11(2)17-13(5-3-4-6-13)12(16)15-9-7-14-8-10-15/h11,14H,3-10H2,1-2H3. The SMILES string of the molecule is CC(C)OC1(C(=O)N2CCNCC2)CCCC1. The molecule has 0 atom stereocenters. The average molecular weight is 240 g/mol. The number of rotatable bonds is 3. The normalized spacial score (nSPS) is 24.3. The fourth-order valence-electron chi connectivity index (χ4n) is 2.94. The van der Waals surface area contributed by atoms with E-state index in [-0.39, 0.29) is 12.0 Å². The van der Waals surface area contributed by atoms with Crippen LogP contribution < -0.4 is 5.32 Å². The van der Waals surface area contributed by atoms with Crippen molar-refractivity contribution in [2.24, 2.45) is 0 Å². The smallest absolute Gasteiger partial charge is 0.254 e. The molecule has 17 heavy (non-hydrogen) atoms. The van der Waals surface area contributed by atoms with Crippen LogP contribution in [-0.4, -0.2) is 48.7 Å². The second-order valence-electron chi connectivity index (χ2n) is 5.41. The summed E-state index contributed by atoms with van der Waals surface area (Å²) >= 11 is 0. The maximum atomic E-state index is 12.6. The van der Waals surface area contributed by atoms with E-state index < -0.39 is 5.60 Å². The Morgan fingerprint density at radius 3 is 2.35 bits per heavy atom. The maximum Gasteiger partial charge on any atom is 0.254 e. The summed E-state index contributed by atoms with van der Waals surface area (Å²) < 4.78 is 6.00. The molecule has 1 heterocycles. The first-order valence-corrected chi connectivity index (χ1v) is 6.82. The molecule has 1 saturated carbocycles. The molecule has 4 heteroatoms. The van der Waals surface area contributed by atoms with Gasteiger partial charge in [-0.3, -0.25) is 4.79 Å². The molecule has 2 aliphatic rings. The van der Waals surface area contributed by atoms with Crippen LogP contribution >= 0.6 is 0 Å². The molecular weight excluding hydrogens is 216 g/mol. The molecule has 0 bridgehead atoms. The molecule has 2 fully saturated rings. The van der Waals surface area contributed by atoms with Crippen molar-refractivity contribution in [3.8, 4) is 0 Å². The molecule has 0 aromatic heterocycles. The maximum absolute atomic E-state index is 12.6. The zero-order chi connectivity index (χ0) is 12.3. The molecule has 0 aromatic rings. The van der Waals surface area contributed by atoms with Crippen LogP contribution in [0.1, 0.15) is 39.5 Å². The zero-order valence-corrected chi connectivity index (χ0v) is 11.0. The number of hydrogen-bond donors (Lipinski definition) is 1. The Kier molecular flexibility index (Phi) is 4.05. The topological polar surface area (TPSA) is 41.6 Å². The van der Waals surface area contributed by atoms with E-state index in [4.69, 9.17) is 4.74 Å². The number of hydrogen-bond acceptors (Lipinski definition) is 3. The van der Waals surface area contributed by atoms with Crippen LogP contribution in [0.4, 0.5) is 0 Å². The Hall–Kier alpha value is -0.610. The highest BCUT2D eigenvalue weighted by molar-refractivity contribution is 5.85. The van der Waals surface area contributed by atoms with Crippen molar-refractivity contribution in [2.75, 3.05) is 26.2 Å². The summed E-state index contributed by atoms with van der Waals surface area (Å²) in [5, 5.41) is 3.28. The van der Waals surface area contributed by atoms with E-state index in [1.165, 1.54) is 0 Å². The first kappa shape index (κ1) is 12.8. The van der Waals surface area contributed by atoms with Gasteiger partial charge in [0.1, 0.15) is 5.60 Å². The number of piperazine rings is 1. The van der Waals surface area contributed by atoms with Crippen molar-refractivity contribution in [2.45, 2.75) is 51.2 Å². The monoisotopic (exact) mass is 240 g/mol. The Bertz CT molecular complexity index is 267. The van der Waals surface area contributed by atoms with Gasteiger partial charge in [0.25, 0.3) is 5.91 Å². The quantitative estimate of drug-likeness (QED) is 0.805. The summed E-state index contributed by atoms with van der Waals surface area (Å²) in [5.41, 5.74) is -0.508. The van der Waals surface area contributed by atoms with Crippen LogP contribution in [0.15, 0.2) is 0 Å². The number of carbonyl (C=O) groups excluding carboxylic acids is 1. The third-order valence-corrected chi connectivity index (χ3v) is 3.67. The summed E-state index contributed by atoms with van der Waals surface area (Å²) in [6, 6.07) is 0. The Morgan fingerprint density at radius 1 is 1.24 bits per heavy atom. The highest BCUT2D eigenvalue weighted by Crippen LogP contribution is 2.36. The van der Waals surface area contributed by atoms with Crippen LogP contribution in [0, 0.1) is 0 Å². The first-order chi connectivity index (χ1) is 8.14. The molecule has 1 N–H and O–H groups in total. The van der Waals surface area contributed by atoms with Gasteiger partial charge in [0, 0.05) is 26.2 Å². The van der Waals surface area contributed by atoms with Crippen LogP contribution in [0.5, 0.6) is 0 Å². The van der Waals surface area contributed by atoms with Gasteiger partial charge >= 0.3 is 0 Å². The fourth-order valence-corrected chi connectivity index (χ4v) is 2.94. The van der Waals surface area contributed by atoms with E-state index in [1.54, 1.807) is 0 Å². The number of carbonyl (C=O) groups is 1. The van der Waals surface area contributed by atoms with Gasteiger partial charge in [0.2, 0.25) is 0 Å². The van der Waals surface area contributed by atoms with Crippen molar-refractivity contribution in [3.63, 3.8) is 0 Å². The summed E-state index contributed by atoms with van der Waals surface area (Å²) in [5.74, 6) is 0.227. The predicted octanol–water partition coefficient (Wildman–Crippen LogP) is 1.16. The minimum Gasteiger partial charge on any atom is -0.362 e. The summed E-state index contributed by atoms with van der Waals surface area (Å²) in [6.45, 7) is 7.49. The highest BCUT2D eigenvalue weighted by Gasteiger charge is 2.45. The Labute approximate surface area is 104 Å². The molecule has 1 saturated heterocycles. The van der Waals surface area contributed by atoms with Gasteiger partial charge < -0.3 is 15.0 Å². The van der Waals surface area contributed by atoms with Crippen LogP contribution in [0.3, 0.4) is 0 Å². The Morgan fingerprint density at radius 2 is 1.82 bits per heavy atom. The zero-order valence-electron chi connectivity index (χ0n) is 11.0. The molecule has 0 radical (unpaired) electrons. The lowest BCUT2D eigenvalue weighted by molar-refractivity contribution is -0.164. The van der Waals surface area contributed by atoms with E-state index in [1.807, 2.05) is 18.7 Å². The van der Waals surface area contributed by atoms with Crippen LogP contribution in [-0.2, 0) is 9.53 Å². The van der Waals surface area contributed by atoms with E-state index in [9.17, 15) is 4.79 Å². The number of nitrogens with one attached hydrogen (secondary N) is 1. The fraction of sp³-hybridized carbons (Fsp3) is 0.923. The van der Waals surface area contributed by atoms with Crippen molar-refractivity contribution in [1.29, 1.82) is 0 Å². The van der Waals surface area contributed by atoms with E-state index in [0.717, 1.165) is 51.9 Å². The molecule has 0 spiro atoms. The summed E-state index contributed by atoms with van der Waals surface area (Å²) in [6.07, 6.45) is 4.15. The van der Waals surface area contributed by atoms with Crippen molar-refractivity contribution >= 4 is 5.91 Å². The van der Waals surface area contributed by atoms with Gasteiger partial charge in [-0.1, -0.05) is 0 Å². The van der Waals surface area contributed by atoms with Gasteiger partial charge in [0.05, 0.1) is 6.10 Å². The number of nitrogens with zero attached hydrogens (tertiary/aromatic N) is 1. The molecule has 98 valence electrons. The number of ether oxygens (including phenoxy) is 1. The van der Waals surface area contributed by atoms with Crippen molar-refractivity contribution in [1.82, 2.24) is 10.2 Å². The minimum atomic E-state index is -0.508.